The Balaban J connectivity index is 2.21. The Morgan fingerprint density at radius 3 is 3.00 bits per heavy atom. The zero-order valence-corrected chi connectivity index (χ0v) is 10.6. The lowest BCUT2D eigenvalue weighted by atomic mass is 10.0. The molecule has 0 saturated carbocycles. The van der Waals surface area contributed by atoms with E-state index in [-0.39, 0.29) is 24.2 Å². The summed E-state index contributed by atoms with van der Waals surface area (Å²) in [5.74, 6) is -0.179. The van der Waals surface area contributed by atoms with E-state index in [0.29, 0.717) is 12.2 Å². The van der Waals surface area contributed by atoms with Gasteiger partial charge in [0.1, 0.15) is 0 Å². The number of aliphatic hydroxyl groups is 1. The second-order valence-corrected chi connectivity index (χ2v) is 4.65. The highest BCUT2D eigenvalue weighted by molar-refractivity contribution is 5.97. The fourth-order valence-electron chi connectivity index (χ4n) is 2.41. The molecule has 6 nitrogen and oxygen atoms in total. The van der Waals surface area contributed by atoms with E-state index >= 15 is 0 Å². The van der Waals surface area contributed by atoms with Gasteiger partial charge in [-0.05, 0) is 25.7 Å². The third-order valence-electron chi connectivity index (χ3n) is 3.54. The number of H-pyrrole nitrogens is 1. The molecular weight excluding hydrogens is 232 g/mol. The molecule has 4 N–H and O–H groups in total. The maximum absolute atomic E-state index is 12.4. The highest BCUT2D eigenvalue weighted by Gasteiger charge is 2.29. The van der Waals surface area contributed by atoms with Crippen LogP contribution in [0.25, 0.3) is 0 Å². The predicted molar refractivity (Wildman–Crippen MR) is 68.1 cm³/mol. The fourth-order valence-corrected chi connectivity index (χ4v) is 2.41. The number of aromatic nitrogens is 2. The Morgan fingerprint density at radius 1 is 1.61 bits per heavy atom. The Hall–Kier alpha value is -1.56. The summed E-state index contributed by atoms with van der Waals surface area (Å²) >= 11 is 0. The highest BCUT2D eigenvalue weighted by atomic mass is 16.3. The van der Waals surface area contributed by atoms with E-state index in [4.69, 9.17) is 5.73 Å². The fraction of sp³-hybridized carbons (Fsp3) is 0.667. The second-order valence-electron chi connectivity index (χ2n) is 4.65. The minimum Gasteiger partial charge on any atom is -0.395 e. The molecule has 1 aliphatic rings. The van der Waals surface area contributed by atoms with Crippen molar-refractivity contribution in [2.45, 2.75) is 38.6 Å². The van der Waals surface area contributed by atoms with E-state index in [9.17, 15) is 9.90 Å². The molecule has 1 saturated heterocycles. The Morgan fingerprint density at radius 2 is 2.39 bits per heavy atom. The SMILES string of the molecule is CCc1[nH]nc(C(=O)N2CCCCC2CO)c1N. The molecule has 1 aliphatic heterocycles. The van der Waals surface area contributed by atoms with E-state index in [1.165, 1.54) is 0 Å². The van der Waals surface area contributed by atoms with Gasteiger partial charge in [-0.2, -0.15) is 5.10 Å². The van der Waals surface area contributed by atoms with Crippen molar-refractivity contribution < 1.29 is 9.90 Å². The van der Waals surface area contributed by atoms with Crippen LogP contribution < -0.4 is 5.73 Å². The minimum absolute atomic E-state index is 0.00327. The van der Waals surface area contributed by atoms with Crippen LogP contribution in [-0.4, -0.2) is 45.3 Å². The third-order valence-corrected chi connectivity index (χ3v) is 3.54. The van der Waals surface area contributed by atoms with Crippen LogP contribution >= 0.6 is 0 Å². The molecule has 2 rings (SSSR count). The van der Waals surface area contributed by atoms with Gasteiger partial charge in [0.05, 0.1) is 24.0 Å². The Kier molecular flexibility index (Phi) is 3.86. The van der Waals surface area contributed by atoms with Crippen LogP contribution in [-0.2, 0) is 6.42 Å². The molecule has 100 valence electrons. The monoisotopic (exact) mass is 252 g/mol. The molecule has 1 unspecified atom stereocenters. The van der Waals surface area contributed by atoms with Crippen molar-refractivity contribution in [2.75, 3.05) is 18.9 Å². The van der Waals surface area contributed by atoms with Gasteiger partial charge in [0.2, 0.25) is 0 Å². The molecule has 1 aromatic heterocycles. The first-order valence-corrected chi connectivity index (χ1v) is 6.43. The van der Waals surface area contributed by atoms with Crippen molar-refractivity contribution in [2.24, 2.45) is 0 Å². The van der Waals surface area contributed by atoms with Gasteiger partial charge in [-0.25, -0.2) is 0 Å². The molecule has 18 heavy (non-hydrogen) atoms. The first-order valence-electron chi connectivity index (χ1n) is 6.43. The smallest absolute Gasteiger partial charge is 0.276 e. The molecular formula is C12H20N4O2. The van der Waals surface area contributed by atoms with Crippen LogP contribution in [0.1, 0.15) is 42.4 Å². The van der Waals surface area contributed by atoms with Crippen LogP contribution in [0, 0.1) is 0 Å². The molecule has 1 atom stereocenters. The number of hydrogen-bond acceptors (Lipinski definition) is 4. The number of hydrogen-bond donors (Lipinski definition) is 3. The second kappa shape index (κ2) is 5.39. The van der Waals surface area contributed by atoms with E-state index < -0.39 is 0 Å². The number of likely N-dealkylation sites (tertiary alicyclic amines) is 1. The molecule has 0 aromatic carbocycles. The number of aryl methyl sites for hydroxylation is 1. The summed E-state index contributed by atoms with van der Waals surface area (Å²) in [5.41, 5.74) is 7.41. The molecule has 1 amide bonds. The number of rotatable bonds is 3. The number of carbonyl (C=O) groups excluding carboxylic acids is 1. The Labute approximate surface area is 106 Å². The molecule has 0 radical (unpaired) electrons. The maximum atomic E-state index is 12.4. The van der Waals surface area contributed by atoms with E-state index in [1.54, 1.807) is 4.90 Å². The lowest BCUT2D eigenvalue weighted by molar-refractivity contribution is 0.0498. The summed E-state index contributed by atoms with van der Waals surface area (Å²) in [6.07, 6.45) is 3.57. The summed E-state index contributed by atoms with van der Waals surface area (Å²) < 4.78 is 0. The van der Waals surface area contributed by atoms with Crippen molar-refractivity contribution in [1.82, 2.24) is 15.1 Å². The molecule has 6 heteroatoms. The van der Waals surface area contributed by atoms with Crippen LogP contribution in [0.15, 0.2) is 0 Å². The van der Waals surface area contributed by atoms with Crippen LogP contribution in [0.2, 0.25) is 0 Å². The van der Waals surface area contributed by atoms with E-state index in [1.807, 2.05) is 6.92 Å². The normalized spacial score (nSPS) is 20.1. The largest absolute Gasteiger partial charge is 0.395 e. The molecule has 0 spiro atoms. The first-order chi connectivity index (χ1) is 8.69. The summed E-state index contributed by atoms with van der Waals surface area (Å²) in [6.45, 7) is 2.62. The summed E-state index contributed by atoms with van der Waals surface area (Å²) in [6, 6.07) is -0.104. The molecule has 0 bridgehead atoms. The number of aliphatic hydroxyl groups excluding tert-OH is 1. The average molecular weight is 252 g/mol. The first kappa shape index (κ1) is 12.9. The van der Waals surface area contributed by atoms with Gasteiger partial charge >= 0.3 is 0 Å². The zero-order chi connectivity index (χ0) is 13.1. The minimum atomic E-state index is -0.179. The quantitative estimate of drug-likeness (QED) is 0.731. The van der Waals surface area contributed by atoms with Gasteiger partial charge in [-0.15, -0.1) is 0 Å². The van der Waals surface area contributed by atoms with Crippen molar-refractivity contribution in [3.8, 4) is 0 Å². The van der Waals surface area contributed by atoms with Crippen molar-refractivity contribution in [1.29, 1.82) is 0 Å². The van der Waals surface area contributed by atoms with Crippen molar-refractivity contribution in [3.05, 3.63) is 11.4 Å². The number of nitrogens with zero attached hydrogens (tertiary/aromatic N) is 2. The molecule has 1 aromatic rings. The third kappa shape index (κ3) is 2.20. The van der Waals surface area contributed by atoms with Gasteiger partial charge in [0.15, 0.2) is 5.69 Å². The number of nitrogens with two attached hydrogens (primary N) is 1. The lowest BCUT2D eigenvalue weighted by Gasteiger charge is -2.34. The van der Waals surface area contributed by atoms with Crippen LogP contribution in [0.5, 0.6) is 0 Å². The van der Waals surface area contributed by atoms with Crippen molar-refractivity contribution >= 4 is 11.6 Å². The number of aromatic amines is 1. The zero-order valence-electron chi connectivity index (χ0n) is 10.6. The summed E-state index contributed by atoms with van der Waals surface area (Å²) in [7, 11) is 0. The Bertz CT molecular complexity index is 430. The maximum Gasteiger partial charge on any atom is 0.276 e. The number of anilines is 1. The number of amides is 1. The topological polar surface area (TPSA) is 95.2 Å². The summed E-state index contributed by atoms with van der Waals surface area (Å²) in [5, 5.41) is 16.1. The van der Waals surface area contributed by atoms with E-state index in [0.717, 1.165) is 31.4 Å². The average Bonchev–Trinajstić information content (AvgIpc) is 2.79. The molecule has 2 heterocycles. The van der Waals surface area contributed by atoms with E-state index in [2.05, 4.69) is 10.2 Å². The van der Waals surface area contributed by atoms with Crippen LogP contribution in [0.3, 0.4) is 0 Å². The standard InChI is InChI=1S/C12H20N4O2/c1-2-9-10(13)11(15-14-9)12(18)16-6-4-3-5-8(16)7-17/h8,17H,2-7,13H2,1H3,(H,14,15). The number of piperidine rings is 1. The number of nitrogen functional groups attached to an aromatic ring is 1. The van der Waals surface area contributed by atoms with Gasteiger partial charge in [0.25, 0.3) is 5.91 Å². The van der Waals surface area contributed by atoms with Gasteiger partial charge in [-0.3, -0.25) is 9.89 Å². The number of nitrogens with one attached hydrogen (secondary N) is 1. The van der Waals surface area contributed by atoms with Gasteiger partial charge in [-0.1, -0.05) is 6.92 Å². The van der Waals surface area contributed by atoms with Crippen molar-refractivity contribution in [3.63, 3.8) is 0 Å². The molecule has 0 aliphatic carbocycles. The van der Waals surface area contributed by atoms with Crippen LogP contribution in [0.4, 0.5) is 5.69 Å². The van der Waals surface area contributed by atoms with Gasteiger partial charge in [0, 0.05) is 6.54 Å². The lowest BCUT2D eigenvalue weighted by Crippen LogP contribution is -2.45. The number of carbonyl (C=O) groups is 1. The predicted octanol–water partition coefficient (Wildman–Crippen LogP) is 0.541. The van der Waals surface area contributed by atoms with Gasteiger partial charge < -0.3 is 15.7 Å². The highest BCUT2D eigenvalue weighted by Crippen LogP contribution is 2.22. The summed E-state index contributed by atoms with van der Waals surface area (Å²) in [4.78, 5) is 14.1. The molecule has 1 fully saturated rings.